The van der Waals surface area contributed by atoms with E-state index in [1.54, 1.807) is 36.7 Å². The SMILES string of the molecule is CC(C)[C@H](C[C@H](O)[C@H](CC1CCCCC1)NC(=O)[C@H](Cc1cnc[nH]1)NC(=O)COc1cccc2ccccc12)C(=O)N[C@H](C(=O)NCc1ccccn1)[C@@H](C)O. The highest BCUT2D eigenvalue weighted by Crippen LogP contribution is 2.30. The molecular formula is C43H57N7O7. The van der Waals surface area contributed by atoms with Crippen molar-refractivity contribution in [2.45, 2.75) is 109 Å². The lowest BCUT2D eigenvalue weighted by molar-refractivity contribution is -0.135. The maximum atomic E-state index is 14.2. The number of carbonyl (C=O) groups is 4. The Kier molecular flexibility index (Phi) is 16.0. The van der Waals surface area contributed by atoms with Crippen LogP contribution in [0.2, 0.25) is 0 Å². The second-order valence-corrected chi connectivity index (χ2v) is 15.4. The third-order valence-corrected chi connectivity index (χ3v) is 10.7. The number of ether oxygens (including phenoxy) is 1. The largest absolute Gasteiger partial charge is 0.483 e. The molecule has 4 aromatic rings. The predicted octanol–water partition coefficient (Wildman–Crippen LogP) is 3.72. The smallest absolute Gasteiger partial charge is 0.258 e. The van der Waals surface area contributed by atoms with Gasteiger partial charge in [0.2, 0.25) is 17.7 Å². The van der Waals surface area contributed by atoms with Gasteiger partial charge in [-0.2, -0.15) is 0 Å². The van der Waals surface area contributed by atoms with E-state index in [2.05, 4.69) is 36.2 Å². The third-order valence-electron chi connectivity index (χ3n) is 10.7. The molecule has 0 aliphatic heterocycles. The van der Waals surface area contributed by atoms with Crippen molar-refractivity contribution >= 4 is 34.4 Å². The van der Waals surface area contributed by atoms with Crippen molar-refractivity contribution in [2.75, 3.05) is 6.61 Å². The fraction of sp³-hybridized carbons (Fsp3) is 0.488. The fourth-order valence-electron chi connectivity index (χ4n) is 7.47. The van der Waals surface area contributed by atoms with Gasteiger partial charge in [-0.05, 0) is 55.2 Å². The second kappa shape index (κ2) is 21.3. The Labute approximate surface area is 334 Å². The minimum Gasteiger partial charge on any atom is -0.483 e. The number of nitrogens with one attached hydrogen (secondary N) is 5. The highest BCUT2D eigenvalue weighted by molar-refractivity contribution is 5.91. The summed E-state index contributed by atoms with van der Waals surface area (Å²) in [4.78, 5) is 65.7. The van der Waals surface area contributed by atoms with Gasteiger partial charge in [0.15, 0.2) is 6.61 Å². The summed E-state index contributed by atoms with van der Waals surface area (Å²) in [5.41, 5.74) is 1.25. The average molecular weight is 784 g/mol. The van der Waals surface area contributed by atoms with E-state index < -0.39 is 59.9 Å². The van der Waals surface area contributed by atoms with Crippen LogP contribution in [0.5, 0.6) is 5.75 Å². The number of fused-ring (bicyclic) bond motifs is 1. The summed E-state index contributed by atoms with van der Waals surface area (Å²) in [7, 11) is 0. The molecule has 0 radical (unpaired) electrons. The van der Waals surface area contributed by atoms with Crippen LogP contribution in [0.3, 0.4) is 0 Å². The number of benzene rings is 2. The molecule has 0 unspecified atom stereocenters. The number of hydrogen-bond acceptors (Lipinski definition) is 9. The molecule has 0 bridgehead atoms. The van der Waals surface area contributed by atoms with E-state index in [1.165, 1.54) is 13.3 Å². The Morgan fingerprint density at radius 1 is 0.877 bits per heavy atom. The zero-order valence-electron chi connectivity index (χ0n) is 33.0. The number of aromatic nitrogens is 3. The maximum Gasteiger partial charge on any atom is 0.258 e. The molecule has 4 amide bonds. The first kappa shape index (κ1) is 42.8. The van der Waals surface area contributed by atoms with Crippen LogP contribution in [0.1, 0.15) is 77.1 Å². The number of imidazole rings is 1. The van der Waals surface area contributed by atoms with Crippen LogP contribution in [-0.2, 0) is 32.1 Å². The van der Waals surface area contributed by atoms with Gasteiger partial charge in [-0.3, -0.25) is 24.2 Å². The second-order valence-electron chi connectivity index (χ2n) is 15.4. The van der Waals surface area contributed by atoms with Crippen LogP contribution in [0.4, 0.5) is 0 Å². The number of aliphatic hydroxyl groups is 2. The first-order chi connectivity index (χ1) is 27.5. The summed E-state index contributed by atoms with van der Waals surface area (Å²) in [5, 5.41) is 35.5. The Bertz CT molecular complexity index is 1880. The van der Waals surface area contributed by atoms with Gasteiger partial charge in [-0.25, -0.2) is 4.98 Å². The highest BCUT2D eigenvalue weighted by Gasteiger charge is 2.36. The Balaban J connectivity index is 1.28. The normalized spacial score (nSPS) is 16.5. The van der Waals surface area contributed by atoms with Gasteiger partial charge in [0.05, 0.1) is 36.8 Å². The fourth-order valence-corrected chi connectivity index (χ4v) is 7.47. The summed E-state index contributed by atoms with van der Waals surface area (Å²) >= 11 is 0. The first-order valence-corrected chi connectivity index (χ1v) is 20.0. The van der Waals surface area contributed by atoms with Crippen molar-refractivity contribution in [2.24, 2.45) is 17.8 Å². The van der Waals surface area contributed by atoms with Gasteiger partial charge >= 0.3 is 0 Å². The topological polar surface area (TPSA) is 208 Å². The van der Waals surface area contributed by atoms with Crippen LogP contribution >= 0.6 is 0 Å². The number of aliphatic hydroxyl groups excluding tert-OH is 2. The van der Waals surface area contributed by atoms with Crippen LogP contribution in [0, 0.1) is 17.8 Å². The zero-order chi connectivity index (χ0) is 40.7. The van der Waals surface area contributed by atoms with Crippen molar-refractivity contribution in [1.29, 1.82) is 0 Å². The molecule has 0 saturated heterocycles. The molecule has 1 aliphatic rings. The Hall–Kier alpha value is -5.34. The van der Waals surface area contributed by atoms with E-state index in [0.717, 1.165) is 42.9 Å². The van der Waals surface area contributed by atoms with E-state index >= 15 is 0 Å². The van der Waals surface area contributed by atoms with E-state index in [-0.39, 0.29) is 37.8 Å². The van der Waals surface area contributed by atoms with Gasteiger partial charge in [0.25, 0.3) is 5.91 Å². The summed E-state index contributed by atoms with van der Waals surface area (Å²) in [6.07, 6.45) is 8.07. The minimum atomic E-state index is -1.24. The summed E-state index contributed by atoms with van der Waals surface area (Å²) in [6.45, 7) is 4.91. The average Bonchev–Trinajstić information content (AvgIpc) is 3.73. The summed E-state index contributed by atoms with van der Waals surface area (Å²) in [6, 6.07) is 15.6. The predicted molar refractivity (Wildman–Crippen MR) is 215 cm³/mol. The third kappa shape index (κ3) is 12.8. The molecule has 0 spiro atoms. The van der Waals surface area contributed by atoms with E-state index in [4.69, 9.17) is 4.74 Å². The highest BCUT2D eigenvalue weighted by atomic mass is 16.5. The van der Waals surface area contributed by atoms with Crippen LogP contribution < -0.4 is 26.0 Å². The summed E-state index contributed by atoms with van der Waals surface area (Å²) < 4.78 is 5.91. The van der Waals surface area contributed by atoms with Crippen molar-refractivity contribution in [3.63, 3.8) is 0 Å². The monoisotopic (exact) mass is 783 g/mol. The molecule has 7 N–H and O–H groups in total. The number of carbonyl (C=O) groups excluding carboxylic acids is 4. The van der Waals surface area contributed by atoms with Gasteiger partial charge in [0, 0.05) is 35.8 Å². The molecule has 14 heteroatoms. The summed E-state index contributed by atoms with van der Waals surface area (Å²) in [5.74, 6) is -2.28. The molecule has 2 aromatic heterocycles. The number of H-pyrrole nitrogens is 1. The molecule has 5 rings (SSSR count). The lowest BCUT2D eigenvalue weighted by Gasteiger charge is -2.34. The molecular weight excluding hydrogens is 727 g/mol. The maximum absolute atomic E-state index is 14.2. The lowest BCUT2D eigenvalue weighted by Crippen LogP contribution is -2.56. The molecule has 14 nitrogen and oxygen atoms in total. The van der Waals surface area contributed by atoms with Crippen molar-refractivity contribution in [3.8, 4) is 5.75 Å². The van der Waals surface area contributed by atoms with Crippen molar-refractivity contribution in [3.05, 3.63) is 90.8 Å². The molecule has 2 aromatic carbocycles. The molecule has 6 atom stereocenters. The van der Waals surface area contributed by atoms with Gasteiger partial charge in [0.1, 0.15) is 17.8 Å². The Morgan fingerprint density at radius 3 is 2.33 bits per heavy atom. The van der Waals surface area contributed by atoms with E-state index in [0.29, 0.717) is 23.6 Å². The Morgan fingerprint density at radius 2 is 1.63 bits per heavy atom. The minimum absolute atomic E-state index is 0.0142. The lowest BCUT2D eigenvalue weighted by atomic mass is 9.81. The molecule has 1 fully saturated rings. The number of aromatic amines is 1. The first-order valence-electron chi connectivity index (χ1n) is 20.0. The van der Waals surface area contributed by atoms with Crippen molar-refractivity contribution in [1.82, 2.24) is 36.2 Å². The number of amides is 4. The number of hydrogen-bond donors (Lipinski definition) is 7. The van der Waals surface area contributed by atoms with Crippen LogP contribution in [0.15, 0.2) is 79.4 Å². The molecule has 2 heterocycles. The van der Waals surface area contributed by atoms with Crippen LogP contribution in [-0.4, -0.2) is 85.7 Å². The van der Waals surface area contributed by atoms with Gasteiger partial charge in [-0.1, -0.05) is 88.4 Å². The van der Waals surface area contributed by atoms with Gasteiger partial charge < -0.3 is 41.2 Å². The van der Waals surface area contributed by atoms with Crippen molar-refractivity contribution < 1.29 is 34.1 Å². The van der Waals surface area contributed by atoms with E-state index in [9.17, 15) is 29.4 Å². The molecule has 57 heavy (non-hydrogen) atoms. The molecule has 1 saturated carbocycles. The quantitative estimate of drug-likeness (QED) is 0.0696. The number of nitrogens with zero attached hydrogens (tertiary/aromatic N) is 2. The van der Waals surface area contributed by atoms with E-state index in [1.807, 2.05) is 50.2 Å². The zero-order valence-corrected chi connectivity index (χ0v) is 33.0. The number of rotatable bonds is 20. The number of pyridine rings is 1. The molecule has 306 valence electrons. The molecule has 1 aliphatic carbocycles. The van der Waals surface area contributed by atoms with Gasteiger partial charge in [-0.15, -0.1) is 0 Å². The standard InChI is InChI=1S/C43H57N7O7/c1-27(2)34(41(54)50-40(28(3)51)43(56)46-24-31-16-9-10-19-45-31)22-37(52)35(20-29-12-5-4-6-13-29)49-42(55)36(21-32-23-44-26-47-32)48-39(53)25-57-38-18-11-15-30-14-7-8-17-33(30)38/h7-11,14-19,23,26-29,34-37,40,51-52H,4-6,12-13,20-22,24-25H2,1-3H3,(H,44,47)(H,46,56)(H,48,53)(H,49,55)(H,50,54)/t28-,34+,35+,36+,37+,40+/m1/s1. The van der Waals surface area contributed by atoms with Crippen LogP contribution in [0.25, 0.3) is 10.8 Å².